The van der Waals surface area contributed by atoms with Crippen LogP contribution in [0.3, 0.4) is 0 Å². The Kier molecular flexibility index (Phi) is 5.48. The lowest BCUT2D eigenvalue weighted by molar-refractivity contribution is 0.337. The molecule has 4 heteroatoms. The summed E-state index contributed by atoms with van der Waals surface area (Å²) in [6.45, 7) is 7.68. The highest BCUT2D eigenvalue weighted by molar-refractivity contribution is 5.28. The van der Waals surface area contributed by atoms with Crippen molar-refractivity contribution in [3.05, 3.63) is 11.9 Å². The van der Waals surface area contributed by atoms with Crippen molar-refractivity contribution in [3.8, 4) is 5.75 Å². The van der Waals surface area contributed by atoms with Crippen LogP contribution in [0.1, 0.15) is 45.3 Å². The normalized spacial score (nSPS) is 14.6. The van der Waals surface area contributed by atoms with Gasteiger partial charge in [-0.3, -0.25) is 4.68 Å². The van der Waals surface area contributed by atoms with Gasteiger partial charge in [-0.05, 0) is 18.9 Å². The Balaban J connectivity index is 2.98. The maximum Gasteiger partial charge on any atom is 0.161 e. The first kappa shape index (κ1) is 14.0. The van der Waals surface area contributed by atoms with Gasteiger partial charge in [-0.1, -0.05) is 27.2 Å². The summed E-state index contributed by atoms with van der Waals surface area (Å²) >= 11 is 0. The minimum absolute atomic E-state index is 0.308. The van der Waals surface area contributed by atoms with Crippen molar-refractivity contribution in [1.29, 1.82) is 0 Å². The average molecular weight is 239 g/mol. The fourth-order valence-corrected chi connectivity index (χ4v) is 2.04. The fraction of sp³-hybridized carbons (Fsp3) is 0.769. The number of nitrogens with zero attached hydrogens (tertiary/aromatic N) is 2. The third-order valence-electron chi connectivity index (χ3n) is 3.29. The van der Waals surface area contributed by atoms with Gasteiger partial charge in [-0.15, -0.1) is 0 Å². The first-order valence-electron chi connectivity index (χ1n) is 6.44. The Labute approximate surface area is 104 Å². The van der Waals surface area contributed by atoms with Crippen molar-refractivity contribution >= 4 is 0 Å². The molecule has 0 aliphatic heterocycles. The molecular weight excluding hydrogens is 214 g/mol. The van der Waals surface area contributed by atoms with Crippen molar-refractivity contribution in [2.75, 3.05) is 13.7 Å². The predicted octanol–water partition coefficient (Wildman–Crippen LogP) is 2.52. The van der Waals surface area contributed by atoms with E-state index in [2.05, 4.69) is 31.2 Å². The quantitative estimate of drug-likeness (QED) is 0.794. The van der Waals surface area contributed by atoms with E-state index in [1.165, 1.54) is 0 Å². The second kappa shape index (κ2) is 6.64. The smallest absolute Gasteiger partial charge is 0.161 e. The molecule has 0 aromatic carbocycles. The number of hydrogen-bond acceptors (Lipinski definition) is 3. The molecule has 17 heavy (non-hydrogen) atoms. The van der Waals surface area contributed by atoms with Crippen LogP contribution in [-0.4, -0.2) is 23.4 Å². The topological polar surface area (TPSA) is 39.1 Å². The van der Waals surface area contributed by atoms with Crippen LogP contribution in [0.5, 0.6) is 5.75 Å². The Bertz CT molecular complexity index is 335. The maximum absolute atomic E-state index is 5.40. The molecule has 0 amide bonds. The van der Waals surface area contributed by atoms with Gasteiger partial charge >= 0.3 is 0 Å². The van der Waals surface area contributed by atoms with E-state index in [1.54, 1.807) is 13.3 Å². The second-order valence-electron chi connectivity index (χ2n) is 4.54. The number of aromatic nitrogens is 2. The number of hydrogen-bond donors (Lipinski definition) is 1. The highest BCUT2D eigenvalue weighted by Gasteiger charge is 2.24. The van der Waals surface area contributed by atoms with Crippen molar-refractivity contribution in [1.82, 2.24) is 15.1 Å². The Morgan fingerprint density at radius 1 is 1.47 bits per heavy atom. The molecule has 2 atom stereocenters. The number of rotatable bonds is 7. The minimum atomic E-state index is 0.308. The van der Waals surface area contributed by atoms with E-state index in [0.29, 0.717) is 12.0 Å². The molecule has 1 N–H and O–H groups in total. The van der Waals surface area contributed by atoms with Gasteiger partial charge in [-0.2, -0.15) is 5.10 Å². The highest BCUT2D eigenvalue weighted by Crippen LogP contribution is 2.30. The molecule has 0 bridgehead atoms. The predicted molar refractivity (Wildman–Crippen MR) is 70.2 cm³/mol. The van der Waals surface area contributed by atoms with Crippen LogP contribution < -0.4 is 10.1 Å². The minimum Gasteiger partial charge on any atom is -0.493 e. The van der Waals surface area contributed by atoms with Gasteiger partial charge in [0.2, 0.25) is 0 Å². The Morgan fingerprint density at radius 2 is 2.18 bits per heavy atom. The van der Waals surface area contributed by atoms with Gasteiger partial charge in [0, 0.05) is 7.05 Å². The van der Waals surface area contributed by atoms with E-state index < -0.39 is 0 Å². The molecule has 0 aliphatic carbocycles. The Morgan fingerprint density at radius 3 is 2.71 bits per heavy atom. The molecule has 1 rings (SSSR count). The van der Waals surface area contributed by atoms with E-state index in [0.717, 1.165) is 30.8 Å². The first-order valence-corrected chi connectivity index (χ1v) is 6.44. The number of nitrogens with one attached hydrogen (secondary N) is 1. The zero-order valence-electron chi connectivity index (χ0n) is 11.7. The molecule has 2 unspecified atom stereocenters. The molecule has 98 valence electrons. The van der Waals surface area contributed by atoms with Crippen LogP contribution >= 0.6 is 0 Å². The van der Waals surface area contributed by atoms with Crippen molar-refractivity contribution in [3.63, 3.8) is 0 Å². The number of ether oxygens (including phenoxy) is 1. The van der Waals surface area contributed by atoms with Gasteiger partial charge < -0.3 is 10.1 Å². The van der Waals surface area contributed by atoms with Crippen LogP contribution in [0.15, 0.2) is 6.20 Å². The van der Waals surface area contributed by atoms with E-state index in [1.807, 2.05) is 11.7 Å². The van der Waals surface area contributed by atoms with E-state index in [9.17, 15) is 0 Å². The van der Waals surface area contributed by atoms with Crippen LogP contribution in [0.2, 0.25) is 0 Å². The molecule has 1 aromatic heterocycles. The first-order chi connectivity index (χ1) is 8.15. The molecule has 0 aliphatic rings. The summed E-state index contributed by atoms with van der Waals surface area (Å²) in [6, 6.07) is 0.308. The van der Waals surface area contributed by atoms with E-state index in [-0.39, 0.29) is 0 Å². The third kappa shape index (κ3) is 3.22. The average Bonchev–Trinajstić information content (AvgIpc) is 2.71. The van der Waals surface area contributed by atoms with Crippen LogP contribution in [0.4, 0.5) is 0 Å². The lowest BCUT2D eigenvalue weighted by Gasteiger charge is -2.25. The summed E-state index contributed by atoms with van der Waals surface area (Å²) in [5, 5.41) is 7.88. The summed E-state index contributed by atoms with van der Waals surface area (Å²) < 4.78 is 7.31. The SMILES string of the molecule is CCCNC(c1c(OC)cnn1C)C(C)CC. The molecular formula is C13H25N3O. The van der Waals surface area contributed by atoms with Crippen molar-refractivity contribution in [2.45, 2.75) is 39.7 Å². The summed E-state index contributed by atoms with van der Waals surface area (Å²) in [5.41, 5.74) is 1.15. The van der Waals surface area contributed by atoms with Crippen LogP contribution in [0.25, 0.3) is 0 Å². The Hall–Kier alpha value is -1.03. The largest absolute Gasteiger partial charge is 0.493 e. The summed E-state index contributed by atoms with van der Waals surface area (Å²) in [4.78, 5) is 0. The summed E-state index contributed by atoms with van der Waals surface area (Å²) in [7, 11) is 3.68. The van der Waals surface area contributed by atoms with Gasteiger partial charge in [0.1, 0.15) is 0 Å². The lowest BCUT2D eigenvalue weighted by atomic mass is 9.95. The monoisotopic (exact) mass is 239 g/mol. The summed E-state index contributed by atoms with van der Waals surface area (Å²) in [5.74, 6) is 1.44. The standard InChI is InChI=1S/C13H25N3O/c1-6-8-14-12(10(3)7-2)13-11(17-5)9-15-16(13)4/h9-10,12,14H,6-8H2,1-5H3. The fourth-order valence-electron chi connectivity index (χ4n) is 2.04. The number of aryl methyl sites for hydroxylation is 1. The molecule has 0 fully saturated rings. The second-order valence-corrected chi connectivity index (χ2v) is 4.54. The molecule has 0 saturated heterocycles. The zero-order valence-corrected chi connectivity index (χ0v) is 11.7. The molecule has 4 nitrogen and oxygen atoms in total. The molecule has 1 aromatic rings. The zero-order chi connectivity index (χ0) is 12.8. The lowest BCUT2D eigenvalue weighted by Crippen LogP contribution is -2.29. The third-order valence-corrected chi connectivity index (χ3v) is 3.29. The van der Waals surface area contributed by atoms with E-state index >= 15 is 0 Å². The molecule has 0 spiro atoms. The van der Waals surface area contributed by atoms with Gasteiger partial charge in [0.25, 0.3) is 0 Å². The van der Waals surface area contributed by atoms with Crippen LogP contribution in [0, 0.1) is 5.92 Å². The molecule has 1 heterocycles. The van der Waals surface area contributed by atoms with Crippen molar-refractivity contribution in [2.24, 2.45) is 13.0 Å². The van der Waals surface area contributed by atoms with Gasteiger partial charge in [0.05, 0.1) is 25.0 Å². The highest BCUT2D eigenvalue weighted by atomic mass is 16.5. The van der Waals surface area contributed by atoms with Crippen molar-refractivity contribution < 1.29 is 4.74 Å². The molecule has 0 radical (unpaired) electrons. The summed E-state index contributed by atoms with van der Waals surface area (Å²) in [6.07, 6.45) is 4.06. The van der Waals surface area contributed by atoms with Gasteiger partial charge in [0.15, 0.2) is 5.75 Å². The number of methoxy groups -OCH3 is 1. The maximum atomic E-state index is 5.40. The molecule has 0 saturated carbocycles. The van der Waals surface area contributed by atoms with E-state index in [4.69, 9.17) is 4.74 Å². The van der Waals surface area contributed by atoms with Crippen LogP contribution in [-0.2, 0) is 7.05 Å². The van der Waals surface area contributed by atoms with Gasteiger partial charge in [-0.25, -0.2) is 0 Å².